The molecule has 8 heteroatoms. The van der Waals surface area contributed by atoms with Crippen molar-refractivity contribution in [3.63, 3.8) is 0 Å². The number of nitrogens with one attached hydrogen (secondary N) is 2. The molecule has 3 amide bonds. The Morgan fingerprint density at radius 3 is 2.59 bits per heavy atom. The van der Waals surface area contributed by atoms with E-state index in [0.29, 0.717) is 25.2 Å². The lowest BCUT2D eigenvalue weighted by molar-refractivity contribution is -0.133. The van der Waals surface area contributed by atoms with Crippen LogP contribution in [-0.4, -0.2) is 52.9 Å². The molecule has 1 saturated heterocycles. The van der Waals surface area contributed by atoms with Crippen LogP contribution in [0.3, 0.4) is 0 Å². The summed E-state index contributed by atoms with van der Waals surface area (Å²) in [5.41, 5.74) is 3.29. The summed E-state index contributed by atoms with van der Waals surface area (Å²) in [6.45, 7) is 6.91. The van der Waals surface area contributed by atoms with E-state index in [2.05, 4.69) is 33.1 Å². The molecule has 1 aliphatic heterocycles. The van der Waals surface area contributed by atoms with E-state index in [-0.39, 0.29) is 30.3 Å². The summed E-state index contributed by atoms with van der Waals surface area (Å²) >= 11 is 3.50. The monoisotopic (exact) mass is 522 g/mol. The maximum absolute atomic E-state index is 13.2. The van der Waals surface area contributed by atoms with E-state index in [9.17, 15) is 14.4 Å². The van der Waals surface area contributed by atoms with Crippen LogP contribution >= 0.6 is 15.9 Å². The van der Waals surface area contributed by atoms with E-state index in [1.54, 1.807) is 4.90 Å². The minimum Gasteiger partial charge on any atom is -0.352 e. The molecule has 7 nitrogen and oxygen atoms in total. The van der Waals surface area contributed by atoms with Gasteiger partial charge in [0.15, 0.2) is 0 Å². The van der Waals surface area contributed by atoms with Gasteiger partial charge < -0.3 is 20.1 Å². The molecule has 1 aliphatic rings. The van der Waals surface area contributed by atoms with Gasteiger partial charge >= 0.3 is 0 Å². The molecule has 0 spiro atoms. The third-order valence-electron chi connectivity index (χ3n) is 6.09. The Kier molecular flexibility index (Phi) is 7.17. The number of carbonyl (C=O) groups excluding carboxylic acids is 3. The van der Waals surface area contributed by atoms with Gasteiger partial charge in [-0.05, 0) is 43.2 Å². The van der Waals surface area contributed by atoms with Crippen molar-refractivity contribution in [1.82, 2.24) is 20.1 Å². The van der Waals surface area contributed by atoms with Crippen molar-refractivity contribution in [2.75, 3.05) is 19.6 Å². The van der Waals surface area contributed by atoms with Crippen molar-refractivity contribution >= 4 is 44.6 Å². The molecule has 0 unspecified atom stereocenters. The highest BCUT2D eigenvalue weighted by Gasteiger charge is 2.30. The summed E-state index contributed by atoms with van der Waals surface area (Å²) in [5.74, 6) is -0.450. The zero-order valence-electron chi connectivity index (χ0n) is 19.0. The van der Waals surface area contributed by atoms with Crippen LogP contribution in [0.4, 0.5) is 0 Å². The van der Waals surface area contributed by atoms with Gasteiger partial charge in [-0.3, -0.25) is 14.4 Å². The van der Waals surface area contributed by atoms with Gasteiger partial charge in [0, 0.05) is 40.7 Å². The molecule has 2 N–H and O–H groups in total. The first-order chi connectivity index (χ1) is 16.4. The third-order valence-corrected chi connectivity index (χ3v) is 6.58. The Hall–Kier alpha value is -3.39. The topological polar surface area (TPSA) is 83.4 Å². The molecule has 3 aromatic rings. The first-order valence-electron chi connectivity index (χ1n) is 11.2. The van der Waals surface area contributed by atoms with E-state index in [1.165, 1.54) is 6.08 Å². The molecule has 1 aromatic heterocycles. The predicted octanol–water partition coefficient (Wildman–Crippen LogP) is 3.20. The molecule has 0 saturated carbocycles. The maximum atomic E-state index is 13.2. The fourth-order valence-electron chi connectivity index (χ4n) is 4.29. The number of hydrogen-bond acceptors (Lipinski definition) is 3. The summed E-state index contributed by atoms with van der Waals surface area (Å²) in [6, 6.07) is 15.6. The standard InChI is InChI=1S/C26H27BrN4O3/c1-3-24(33)30-14-20(15-30)29-23(32)16-31-17(2)25(21-13-19(27)9-10-22(21)31)26(34)28-12-11-18-7-5-4-6-8-18/h3-10,13,20H,1,11-12,14-16H2,2H3,(H,28,34)(H,29,32). The Morgan fingerprint density at radius 1 is 1.15 bits per heavy atom. The fourth-order valence-corrected chi connectivity index (χ4v) is 4.66. The lowest BCUT2D eigenvalue weighted by Gasteiger charge is -2.38. The Balaban J connectivity index is 1.48. The van der Waals surface area contributed by atoms with Gasteiger partial charge in [-0.15, -0.1) is 0 Å². The van der Waals surface area contributed by atoms with Gasteiger partial charge in [-0.2, -0.15) is 0 Å². The summed E-state index contributed by atoms with van der Waals surface area (Å²) in [7, 11) is 0. The van der Waals surface area contributed by atoms with Crippen molar-refractivity contribution in [2.45, 2.75) is 25.9 Å². The SMILES string of the molecule is C=CC(=O)N1CC(NC(=O)Cn2c(C)c(C(=O)NCCc3ccccc3)c3cc(Br)ccc32)C1. The van der Waals surface area contributed by atoms with Crippen LogP contribution in [0.1, 0.15) is 21.6 Å². The van der Waals surface area contributed by atoms with Gasteiger partial charge in [0.25, 0.3) is 5.91 Å². The molecule has 4 rings (SSSR count). The van der Waals surface area contributed by atoms with Crippen molar-refractivity contribution in [1.29, 1.82) is 0 Å². The molecule has 2 aromatic carbocycles. The summed E-state index contributed by atoms with van der Waals surface area (Å²) in [6.07, 6.45) is 2.01. The van der Waals surface area contributed by atoms with Crippen molar-refractivity contribution < 1.29 is 14.4 Å². The average molecular weight is 523 g/mol. The van der Waals surface area contributed by atoms with E-state index >= 15 is 0 Å². The second-order valence-corrected chi connectivity index (χ2v) is 9.33. The minimum absolute atomic E-state index is 0.0755. The van der Waals surface area contributed by atoms with Crippen LogP contribution in [0.25, 0.3) is 10.9 Å². The number of likely N-dealkylation sites (tertiary alicyclic amines) is 1. The van der Waals surface area contributed by atoms with Crippen LogP contribution in [0, 0.1) is 6.92 Å². The second kappa shape index (κ2) is 10.3. The average Bonchev–Trinajstić information content (AvgIpc) is 3.06. The third kappa shape index (κ3) is 5.07. The van der Waals surface area contributed by atoms with Crippen molar-refractivity contribution in [3.8, 4) is 0 Å². The summed E-state index contributed by atoms with van der Waals surface area (Å²) < 4.78 is 2.73. The first kappa shape index (κ1) is 23.8. The van der Waals surface area contributed by atoms with E-state index < -0.39 is 0 Å². The predicted molar refractivity (Wildman–Crippen MR) is 136 cm³/mol. The lowest BCUT2D eigenvalue weighted by atomic mass is 10.1. The number of halogens is 1. The molecule has 2 heterocycles. The zero-order valence-corrected chi connectivity index (χ0v) is 20.6. The molecule has 176 valence electrons. The van der Waals surface area contributed by atoms with Crippen molar-refractivity contribution in [3.05, 3.63) is 82.5 Å². The zero-order chi connectivity index (χ0) is 24.2. The van der Waals surface area contributed by atoms with Gasteiger partial charge in [0.1, 0.15) is 6.54 Å². The molecule has 0 aliphatic carbocycles. The maximum Gasteiger partial charge on any atom is 0.253 e. The number of nitrogens with zero attached hydrogens (tertiary/aromatic N) is 2. The highest BCUT2D eigenvalue weighted by molar-refractivity contribution is 9.10. The highest BCUT2D eigenvalue weighted by Crippen LogP contribution is 2.29. The number of carbonyl (C=O) groups is 3. The smallest absolute Gasteiger partial charge is 0.253 e. The van der Waals surface area contributed by atoms with Crippen LogP contribution in [-0.2, 0) is 22.6 Å². The van der Waals surface area contributed by atoms with Gasteiger partial charge in [-0.25, -0.2) is 0 Å². The minimum atomic E-state index is -0.159. The van der Waals surface area contributed by atoms with Crippen molar-refractivity contribution in [2.24, 2.45) is 0 Å². The molecule has 1 fully saturated rings. The van der Waals surface area contributed by atoms with Crippen LogP contribution in [0.5, 0.6) is 0 Å². The Morgan fingerprint density at radius 2 is 1.88 bits per heavy atom. The molecule has 0 atom stereocenters. The number of hydrogen-bond donors (Lipinski definition) is 2. The molecular weight excluding hydrogens is 496 g/mol. The lowest BCUT2D eigenvalue weighted by Crippen LogP contribution is -2.61. The van der Waals surface area contributed by atoms with Gasteiger partial charge in [-0.1, -0.05) is 52.8 Å². The van der Waals surface area contributed by atoms with Crippen LogP contribution in [0.2, 0.25) is 0 Å². The second-order valence-electron chi connectivity index (χ2n) is 8.41. The number of benzene rings is 2. The summed E-state index contributed by atoms with van der Waals surface area (Å²) in [4.78, 5) is 39.2. The normalized spacial score (nSPS) is 13.4. The molecule has 34 heavy (non-hydrogen) atoms. The van der Waals surface area contributed by atoms with Gasteiger partial charge in [0.05, 0.1) is 11.6 Å². The molecule has 0 bridgehead atoms. The number of amides is 3. The van der Waals surface area contributed by atoms with Crippen LogP contribution < -0.4 is 10.6 Å². The highest BCUT2D eigenvalue weighted by atomic mass is 79.9. The first-order valence-corrected chi connectivity index (χ1v) is 12.0. The van der Waals surface area contributed by atoms with E-state index in [0.717, 1.165) is 33.1 Å². The number of aromatic nitrogens is 1. The van der Waals surface area contributed by atoms with E-state index in [4.69, 9.17) is 0 Å². The van der Waals surface area contributed by atoms with Crippen LogP contribution in [0.15, 0.2) is 65.7 Å². The molecule has 0 radical (unpaired) electrons. The number of fused-ring (bicyclic) bond motifs is 1. The summed E-state index contributed by atoms with van der Waals surface area (Å²) in [5, 5.41) is 6.79. The number of rotatable bonds is 8. The fraction of sp³-hybridized carbons (Fsp3) is 0.269. The largest absolute Gasteiger partial charge is 0.352 e. The Labute approximate surface area is 206 Å². The Bertz CT molecular complexity index is 1250. The molecular formula is C26H27BrN4O3. The quantitative estimate of drug-likeness (QED) is 0.445. The van der Waals surface area contributed by atoms with E-state index in [1.807, 2.05) is 60.0 Å². The van der Waals surface area contributed by atoms with Gasteiger partial charge in [0.2, 0.25) is 11.8 Å².